The van der Waals surface area contributed by atoms with Crippen LogP contribution in [0.2, 0.25) is 0 Å². The number of nitrogens with one attached hydrogen (secondary N) is 1. The van der Waals surface area contributed by atoms with Gasteiger partial charge in [0.25, 0.3) is 5.56 Å². The van der Waals surface area contributed by atoms with Crippen LogP contribution in [0.4, 0.5) is 0 Å². The molecule has 1 amide bonds. The zero-order chi connectivity index (χ0) is 19.0. The first-order valence-electron chi connectivity index (χ1n) is 9.92. The Labute approximate surface area is 158 Å². The lowest BCUT2D eigenvalue weighted by atomic mass is 9.94. The highest BCUT2D eigenvalue weighted by Crippen LogP contribution is 2.23. The van der Waals surface area contributed by atoms with E-state index in [0.29, 0.717) is 38.8 Å². The van der Waals surface area contributed by atoms with Gasteiger partial charge in [0, 0.05) is 50.7 Å². The van der Waals surface area contributed by atoms with Crippen LogP contribution in [0.1, 0.15) is 53.3 Å². The third-order valence-corrected chi connectivity index (χ3v) is 6.01. The fourth-order valence-electron chi connectivity index (χ4n) is 4.26. The Kier molecular flexibility index (Phi) is 4.85. The van der Waals surface area contributed by atoms with Crippen molar-refractivity contribution in [2.24, 2.45) is 7.05 Å². The molecule has 1 aliphatic heterocycles. The molecule has 7 nitrogen and oxygen atoms in total. The summed E-state index contributed by atoms with van der Waals surface area (Å²) in [4.78, 5) is 31.7. The van der Waals surface area contributed by atoms with Gasteiger partial charge in [-0.15, -0.1) is 0 Å². The van der Waals surface area contributed by atoms with Gasteiger partial charge >= 0.3 is 0 Å². The summed E-state index contributed by atoms with van der Waals surface area (Å²) in [5.74, 6) is 0.866. The van der Waals surface area contributed by atoms with Crippen LogP contribution in [0.5, 0.6) is 0 Å². The van der Waals surface area contributed by atoms with E-state index in [1.165, 1.54) is 24.1 Å². The van der Waals surface area contributed by atoms with Crippen molar-refractivity contribution in [3.63, 3.8) is 0 Å². The molecule has 0 fully saturated rings. The molecule has 0 aromatic carbocycles. The van der Waals surface area contributed by atoms with Gasteiger partial charge in [-0.2, -0.15) is 5.10 Å². The van der Waals surface area contributed by atoms with E-state index in [9.17, 15) is 9.59 Å². The molecule has 1 aliphatic carbocycles. The van der Waals surface area contributed by atoms with Crippen LogP contribution in [0.3, 0.4) is 0 Å². The lowest BCUT2D eigenvalue weighted by Gasteiger charge is -2.20. The third-order valence-electron chi connectivity index (χ3n) is 6.01. The van der Waals surface area contributed by atoms with Gasteiger partial charge in [0.05, 0.1) is 11.4 Å². The van der Waals surface area contributed by atoms with Crippen LogP contribution in [0, 0.1) is 6.92 Å². The molecular weight excluding hydrogens is 342 g/mol. The second-order valence-electron chi connectivity index (χ2n) is 7.66. The summed E-state index contributed by atoms with van der Waals surface area (Å²) in [6.45, 7) is 3.06. The zero-order valence-electron chi connectivity index (χ0n) is 16.2. The fraction of sp³-hybridized carbons (Fsp3) is 0.600. The van der Waals surface area contributed by atoms with Gasteiger partial charge in [-0.3, -0.25) is 19.3 Å². The molecule has 7 heteroatoms. The zero-order valence-corrected chi connectivity index (χ0v) is 16.2. The van der Waals surface area contributed by atoms with Crippen molar-refractivity contribution in [2.45, 2.75) is 58.3 Å². The van der Waals surface area contributed by atoms with E-state index < -0.39 is 0 Å². The normalized spacial score (nSPS) is 16.6. The molecule has 3 heterocycles. The number of H-pyrrole nitrogens is 1. The number of nitrogens with zero attached hydrogens (tertiary/aromatic N) is 4. The molecule has 2 aromatic rings. The van der Waals surface area contributed by atoms with Gasteiger partial charge in [-0.25, -0.2) is 4.98 Å². The monoisotopic (exact) mass is 369 g/mol. The maximum absolute atomic E-state index is 12.8. The Morgan fingerprint density at radius 2 is 1.89 bits per heavy atom. The number of aryl methyl sites for hydroxylation is 3. The minimum Gasteiger partial charge on any atom is -0.342 e. The predicted molar refractivity (Wildman–Crippen MR) is 102 cm³/mol. The first-order chi connectivity index (χ1) is 13.0. The van der Waals surface area contributed by atoms with Crippen molar-refractivity contribution in [3.05, 3.63) is 44.4 Å². The molecule has 0 unspecified atom stereocenters. The second kappa shape index (κ2) is 7.29. The van der Waals surface area contributed by atoms with Crippen LogP contribution >= 0.6 is 0 Å². The summed E-state index contributed by atoms with van der Waals surface area (Å²) in [5.41, 5.74) is 5.29. The Bertz CT molecular complexity index is 927. The molecule has 0 atom stereocenters. The molecule has 27 heavy (non-hydrogen) atoms. The number of aromatic nitrogens is 4. The maximum atomic E-state index is 12.8. The smallest absolute Gasteiger partial charge is 0.256 e. The van der Waals surface area contributed by atoms with Gasteiger partial charge in [0.15, 0.2) is 0 Å². The van der Waals surface area contributed by atoms with Crippen molar-refractivity contribution in [3.8, 4) is 0 Å². The van der Waals surface area contributed by atoms with E-state index in [1.54, 1.807) is 11.6 Å². The minimum absolute atomic E-state index is 0.0231. The molecule has 4 rings (SSSR count). The molecule has 1 N–H and O–H groups in total. The summed E-state index contributed by atoms with van der Waals surface area (Å²) in [5, 5.41) is 7.59. The molecule has 0 spiro atoms. The van der Waals surface area contributed by atoms with E-state index in [1.807, 2.05) is 11.8 Å². The van der Waals surface area contributed by atoms with E-state index in [2.05, 4.69) is 15.2 Å². The summed E-state index contributed by atoms with van der Waals surface area (Å²) in [7, 11) is 1.75. The highest BCUT2D eigenvalue weighted by Gasteiger charge is 2.23. The highest BCUT2D eigenvalue weighted by atomic mass is 16.2. The average molecular weight is 369 g/mol. The molecule has 0 saturated carbocycles. The number of hydrogen-bond acceptors (Lipinski definition) is 4. The molecule has 0 radical (unpaired) electrons. The largest absolute Gasteiger partial charge is 0.342 e. The maximum Gasteiger partial charge on any atom is 0.256 e. The summed E-state index contributed by atoms with van der Waals surface area (Å²) in [6.07, 6.45) is 6.96. The van der Waals surface area contributed by atoms with E-state index in [0.717, 1.165) is 35.6 Å². The SMILES string of the molecule is Cc1nc2c(c(=O)n1C)CCN(C(=O)CCc1n[nH]c3c1CCCC3)CC2. The Morgan fingerprint density at radius 3 is 2.74 bits per heavy atom. The summed E-state index contributed by atoms with van der Waals surface area (Å²) < 4.78 is 1.59. The molecule has 0 saturated heterocycles. The lowest BCUT2D eigenvalue weighted by Crippen LogP contribution is -2.33. The molecule has 2 aliphatic rings. The number of carbonyl (C=O) groups excluding carboxylic acids is 1. The van der Waals surface area contributed by atoms with Gasteiger partial charge < -0.3 is 4.90 Å². The fourth-order valence-corrected chi connectivity index (χ4v) is 4.26. The number of carbonyl (C=O) groups is 1. The first-order valence-corrected chi connectivity index (χ1v) is 9.92. The summed E-state index contributed by atoms with van der Waals surface area (Å²) in [6, 6.07) is 0. The third kappa shape index (κ3) is 3.42. The first kappa shape index (κ1) is 17.9. The lowest BCUT2D eigenvalue weighted by molar-refractivity contribution is -0.131. The second-order valence-corrected chi connectivity index (χ2v) is 7.66. The minimum atomic E-state index is 0.0231. The van der Waals surface area contributed by atoms with E-state index in [4.69, 9.17) is 0 Å². The average Bonchev–Trinajstić information content (AvgIpc) is 2.97. The molecule has 0 bridgehead atoms. The Morgan fingerprint density at radius 1 is 1.11 bits per heavy atom. The van der Waals surface area contributed by atoms with Gasteiger partial charge in [-0.05, 0) is 44.6 Å². The van der Waals surface area contributed by atoms with E-state index in [-0.39, 0.29) is 11.5 Å². The Balaban J connectivity index is 1.41. The number of hydrogen-bond donors (Lipinski definition) is 1. The topological polar surface area (TPSA) is 83.9 Å². The summed E-state index contributed by atoms with van der Waals surface area (Å²) >= 11 is 0. The molecule has 144 valence electrons. The van der Waals surface area contributed by atoms with Crippen LogP contribution in [0.15, 0.2) is 4.79 Å². The van der Waals surface area contributed by atoms with Crippen LogP contribution in [-0.2, 0) is 43.9 Å². The van der Waals surface area contributed by atoms with Crippen LogP contribution < -0.4 is 5.56 Å². The number of rotatable bonds is 3. The van der Waals surface area contributed by atoms with Gasteiger partial charge in [0.2, 0.25) is 5.91 Å². The van der Waals surface area contributed by atoms with Gasteiger partial charge in [-0.1, -0.05) is 0 Å². The van der Waals surface area contributed by atoms with Crippen LogP contribution in [0.25, 0.3) is 0 Å². The number of amides is 1. The molecule has 2 aromatic heterocycles. The Hall–Kier alpha value is -2.44. The van der Waals surface area contributed by atoms with Crippen molar-refractivity contribution < 1.29 is 4.79 Å². The van der Waals surface area contributed by atoms with Crippen LogP contribution in [-0.4, -0.2) is 43.6 Å². The standard InChI is InChI=1S/C20H27N5O2/c1-13-21-16-10-12-25(11-9-15(16)20(27)24(13)2)19(26)8-7-18-14-5-3-4-6-17(14)22-23-18/h3-12H2,1-2H3,(H,22,23). The van der Waals surface area contributed by atoms with Crippen molar-refractivity contribution >= 4 is 5.91 Å². The van der Waals surface area contributed by atoms with E-state index >= 15 is 0 Å². The van der Waals surface area contributed by atoms with Gasteiger partial charge in [0.1, 0.15) is 5.82 Å². The quantitative estimate of drug-likeness (QED) is 0.883. The van der Waals surface area contributed by atoms with Crippen molar-refractivity contribution in [1.29, 1.82) is 0 Å². The van der Waals surface area contributed by atoms with Crippen molar-refractivity contribution in [1.82, 2.24) is 24.6 Å². The number of fused-ring (bicyclic) bond motifs is 2. The predicted octanol–water partition coefficient (Wildman–Crippen LogP) is 1.25. The molecular formula is C20H27N5O2. The highest BCUT2D eigenvalue weighted by molar-refractivity contribution is 5.76. The number of aromatic amines is 1. The van der Waals surface area contributed by atoms with Crippen molar-refractivity contribution in [2.75, 3.05) is 13.1 Å².